The van der Waals surface area contributed by atoms with Crippen molar-refractivity contribution in [3.8, 4) is 0 Å². The molecule has 4 aromatic carbocycles. The number of hydrogen-bond acceptors (Lipinski definition) is 10. The highest BCUT2D eigenvalue weighted by Crippen LogP contribution is 2.29. The molecule has 0 aliphatic carbocycles. The zero-order chi connectivity index (χ0) is 28.9. The van der Waals surface area contributed by atoms with Crippen molar-refractivity contribution in [1.82, 2.24) is 0 Å². The van der Waals surface area contributed by atoms with Crippen LogP contribution in [-0.4, -0.2) is 25.9 Å². The van der Waals surface area contributed by atoms with Crippen LogP contribution in [0.25, 0.3) is 10.8 Å². The highest BCUT2D eigenvalue weighted by atomic mass is 32.2. The highest BCUT2D eigenvalue weighted by Gasteiger charge is 2.15. The van der Waals surface area contributed by atoms with Crippen LogP contribution in [0.5, 0.6) is 0 Å². The van der Waals surface area contributed by atoms with Crippen LogP contribution in [0, 0.1) is 0 Å². The second-order valence-electron chi connectivity index (χ2n) is 8.11. The van der Waals surface area contributed by atoms with E-state index in [1.54, 1.807) is 36.4 Å². The van der Waals surface area contributed by atoms with E-state index in [9.17, 15) is 35.5 Å². The van der Waals surface area contributed by atoms with Crippen molar-refractivity contribution in [3.05, 3.63) is 128 Å². The van der Waals surface area contributed by atoms with E-state index in [-0.39, 0.29) is 31.9 Å². The molecule has 12 nitrogen and oxygen atoms in total. The Morgan fingerprint density at radius 3 is 1.98 bits per heavy atom. The van der Waals surface area contributed by atoms with E-state index in [0.29, 0.717) is 5.39 Å². The molecule has 0 bridgehead atoms. The summed E-state index contributed by atoms with van der Waals surface area (Å²) in [5.41, 5.74) is 4.19. The predicted octanol–water partition coefficient (Wildman–Crippen LogP) is 1.91. The topological polar surface area (TPSA) is 192 Å². The number of hydrogen-bond donors (Lipinski definition) is 4. The van der Waals surface area contributed by atoms with Crippen LogP contribution in [0.2, 0.25) is 0 Å². The van der Waals surface area contributed by atoms with Gasteiger partial charge in [0.2, 0.25) is 10.9 Å². The van der Waals surface area contributed by atoms with Gasteiger partial charge in [-0.3, -0.25) is 29.5 Å². The smallest absolute Gasteiger partial charge is 0.287 e. The molecule has 0 fully saturated rings. The molecule has 204 valence electrons. The van der Waals surface area contributed by atoms with Gasteiger partial charge in [-0.2, -0.15) is 27.0 Å². The minimum Gasteiger partial charge on any atom is -0.287 e. The largest absolute Gasteiger partial charge is 0.295 e. The SMILES string of the molecule is O=c1cc/c(=N/Nc2ccccccc(S(=O)(=O)O)cc2)c(=O)/c1=N/Nc1ccc(S(=O)(=O)O)c2ccccc12. The molecule has 14 heteroatoms. The third kappa shape index (κ3) is 6.62. The summed E-state index contributed by atoms with van der Waals surface area (Å²) >= 11 is 0. The lowest BCUT2D eigenvalue weighted by Gasteiger charge is -2.08. The first-order valence-electron chi connectivity index (χ1n) is 11.3. The normalized spacial score (nSPS) is 12.7. The van der Waals surface area contributed by atoms with Gasteiger partial charge in [0.25, 0.3) is 20.2 Å². The van der Waals surface area contributed by atoms with Gasteiger partial charge >= 0.3 is 0 Å². The second-order valence-corrected chi connectivity index (χ2v) is 10.9. The molecule has 0 saturated carbocycles. The van der Waals surface area contributed by atoms with Gasteiger partial charge in [0.1, 0.15) is 10.3 Å². The highest BCUT2D eigenvalue weighted by molar-refractivity contribution is 7.86. The Labute approximate surface area is 227 Å². The average Bonchev–Trinajstić information content (AvgIpc) is 2.90. The summed E-state index contributed by atoms with van der Waals surface area (Å²) in [5.74, 6) is 0. The third-order valence-electron chi connectivity index (χ3n) is 5.42. The Balaban J connectivity index is 1.75. The summed E-state index contributed by atoms with van der Waals surface area (Å²) in [7, 11) is -8.99. The molecule has 0 heterocycles. The van der Waals surface area contributed by atoms with Gasteiger partial charge in [-0.15, -0.1) is 0 Å². The molecule has 0 unspecified atom stereocenters. The average molecular weight is 581 g/mol. The summed E-state index contributed by atoms with van der Waals surface area (Å²) in [6.45, 7) is 0. The lowest BCUT2D eigenvalue weighted by Crippen LogP contribution is -2.47. The summed E-state index contributed by atoms with van der Waals surface area (Å²) in [5, 5.41) is 7.81. The number of benzene rings is 3. The molecule has 0 saturated heterocycles. The van der Waals surface area contributed by atoms with Gasteiger partial charge in [0.15, 0.2) is 5.36 Å². The molecule has 0 aliphatic heterocycles. The summed E-state index contributed by atoms with van der Waals surface area (Å²) < 4.78 is 65.4. The molecule has 40 heavy (non-hydrogen) atoms. The van der Waals surface area contributed by atoms with E-state index in [1.807, 2.05) is 0 Å². The van der Waals surface area contributed by atoms with Crippen molar-refractivity contribution in [2.24, 2.45) is 10.2 Å². The Kier molecular flexibility index (Phi) is 8.16. The fraction of sp³-hybridized carbons (Fsp3) is 0. The zero-order valence-electron chi connectivity index (χ0n) is 20.3. The molecule has 0 radical (unpaired) electrons. The summed E-state index contributed by atoms with van der Waals surface area (Å²) in [6, 6.07) is 22.4. The molecular weight excluding hydrogens is 560 g/mol. The van der Waals surface area contributed by atoms with Gasteiger partial charge in [0.05, 0.1) is 16.3 Å². The maximum absolute atomic E-state index is 13.0. The monoisotopic (exact) mass is 580 g/mol. The lowest BCUT2D eigenvalue weighted by atomic mass is 10.1. The minimum absolute atomic E-state index is 0.187. The number of fused-ring (bicyclic) bond motifs is 1. The minimum atomic E-state index is -4.51. The first-order valence-corrected chi connectivity index (χ1v) is 14.2. The first kappa shape index (κ1) is 28.3. The van der Waals surface area contributed by atoms with Crippen LogP contribution in [0.3, 0.4) is 0 Å². The van der Waals surface area contributed by atoms with Gasteiger partial charge in [-0.1, -0.05) is 48.5 Å². The van der Waals surface area contributed by atoms with Crippen LogP contribution in [-0.2, 0) is 20.2 Å². The molecule has 0 atom stereocenters. The molecule has 4 aromatic rings. The number of rotatable bonds is 6. The fourth-order valence-electron chi connectivity index (χ4n) is 3.54. The molecule has 4 N–H and O–H groups in total. The maximum atomic E-state index is 13.0. The quantitative estimate of drug-likeness (QED) is 0.193. The standard InChI is InChI=1S/C26H20N4O8S2/c31-23-15-13-22(29-27-17-7-3-1-2-4-8-18(12-11-17)39(33,34)35)26(32)25(23)30-28-21-14-16-24(40(36,37)38)20-10-6-5-9-19(20)21/h1-16,27-28H,(H,33,34,35)(H,36,37,38)/b2-1?,3-1?,4-2?,7-3?,8-4?,12-11?,17-7?,17-11?,18-8?,18-12?,29-22-,30-25+. The Bertz CT molecular complexity index is 2120. The molecule has 0 amide bonds. The van der Waals surface area contributed by atoms with Crippen molar-refractivity contribution in [3.63, 3.8) is 0 Å². The third-order valence-corrected chi connectivity index (χ3v) is 7.20. The Morgan fingerprint density at radius 1 is 0.600 bits per heavy atom. The van der Waals surface area contributed by atoms with Crippen molar-refractivity contribution >= 4 is 42.4 Å². The Morgan fingerprint density at radius 2 is 1.27 bits per heavy atom. The number of nitrogens with one attached hydrogen (secondary N) is 2. The van der Waals surface area contributed by atoms with Crippen LogP contribution < -0.4 is 32.4 Å². The number of nitrogens with zero attached hydrogens (tertiary/aromatic N) is 2. The molecule has 0 spiro atoms. The summed E-state index contributed by atoms with van der Waals surface area (Å²) in [6.07, 6.45) is 0. The molecular formula is C26H20N4O8S2. The van der Waals surface area contributed by atoms with Crippen molar-refractivity contribution in [2.75, 3.05) is 10.9 Å². The van der Waals surface area contributed by atoms with Crippen molar-refractivity contribution in [2.45, 2.75) is 9.79 Å². The van der Waals surface area contributed by atoms with Gasteiger partial charge in [-0.05, 0) is 48.5 Å². The second kappa shape index (κ2) is 11.5. The van der Waals surface area contributed by atoms with Crippen molar-refractivity contribution in [1.29, 1.82) is 0 Å². The first-order chi connectivity index (χ1) is 18.9. The van der Waals surface area contributed by atoms with Gasteiger partial charge in [-0.25, -0.2) is 0 Å². The van der Waals surface area contributed by atoms with E-state index < -0.39 is 36.5 Å². The van der Waals surface area contributed by atoms with E-state index in [4.69, 9.17) is 0 Å². The lowest BCUT2D eigenvalue weighted by molar-refractivity contribution is 0.481. The van der Waals surface area contributed by atoms with Crippen LogP contribution in [0.4, 0.5) is 11.4 Å². The molecule has 0 aromatic heterocycles. The Hall–Kier alpha value is -4.76. The number of anilines is 2. The maximum Gasteiger partial charge on any atom is 0.295 e. The molecule has 0 aliphatic rings. The van der Waals surface area contributed by atoms with E-state index >= 15 is 0 Å². The van der Waals surface area contributed by atoms with Crippen LogP contribution in [0.1, 0.15) is 0 Å². The van der Waals surface area contributed by atoms with Crippen molar-refractivity contribution < 1.29 is 25.9 Å². The van der Waals surface area contributed by atoms with Gasteiger partial charge in [0, 0.05) is 10.8 Å². The molecule has 4 rings (SSSR count). The van der Waals surface area contributed by atoms with E-state index in [0.717, 1.165) is 18.2 Å². The van der Waals surface area contributed by atoms with E-state index in [2.05, 4.69) is 21.1 Å². The zero-order valence-corrected chi connectivity index (χ0v) is 21.9. The predicted molar refractivity (Wildman–Crippen MR) is 147 cm³/mol. The van der Waals surface area contributed by atoms with E-state index in [1.165, 1.54) is 42.5 Å². The van der Waals surface area contributed by atoms with Crippen LogP contribution >= 0.6 is 0 Å². The van der Waals surface area contributed by atoms with Gasteiger partial charge < -0.3 is 0 Å². The van der Waals surface area contributed by atoms with Crippen LogP contribution in [0.15, 0.2) is 127 Å². The fourth-order valence-corrected chi connectivity index (χ4v) is 4.73. The summed E-state index contributed by atoms with van der Waals surface area (Å²) in [4.78, 5) is 24.7.